The van der Waals surface area contributed by atoms with Crippen LogP contribution in [0.1, 0.15) is 47.1 Å². The molecule has 0 saturated heterocycles. The lowest BCUT2D eigenvalue weighted by Gasteiger charge is -2.20. The predicted molar refractivity (Wildman–Crippen MR) is 83.3 cm³/mol. The molecule has 2 aliphatic rings. The van der Waals surface area contributed by atoms with Crippen LogP contribution in [-0.2, 0) is 25.8 Å². The van der Waals surface area contributed by atoms with Crippen molar-refractivity contribution in [3.8, 4) is 0 Å². The molecule has 1 fully saturated rings. The SMILES string of the molecule is c1ccc(CCc2nc3c(c(C4CC4)n2)CNCC3)cc1. The van der Waals surface area contributed by atoms with Crippen molar-refractivity contribution in [3.63, 3.8) is 0 Å². The molecule has 1 aliphatic carbocycles. The predicted octanol–water partition coefficient (Wildman–Crippen LogP) is 2.78. The molecular weight excluding hydrogens is 258 g/mol. The number of hydrogen-bond acceptors (Lipinski definition) is 3. The van der Waals surface area contributed by atoms with Gasteiger partial charge in [-0.15, -0.1) is 0 Å². The Balaban J connectivity index is 1.58. The Hall–Kier alpha value is -1.74. The van der Waals surface area contributed by atoms with Crippen molar-refractivity contribution in [2.24, 2.45) is 0 Å². The van der Waals surface area contributed by atoms with Crippen LogP contribution in [0, 0.1) is 0 Å². The Morgan fingerprint density at radius 2 is 1.90 bits per heavy atom. The van der Waals surface area contributed by atoms with Crippen LogP contribution in [0.5, 0.6) is 0 Å². The third-order valence-corrected chi connectivity index (χ3v) is 4.46. The summed E-state index contributed by atoms with van der Waals surface area (Å²) >= 11 is 0. The molecule has 1 aromatic heterocycles. The van der Waals surface area contributed by atoms with Gasteiger partial charge in [-0.1, -0.05) is 30.3 Å². The van der Waals surface area contributed by atoms with E-state index in [9.17, 15) is 0 Å². The van der Waals surface area contributed by atoms with Gasteiger partial charge in [-0.3, -0.25) is 0 Å². The lowest BCUT2D eigenvalue weighted by atomic mass is 10.0. The first-order valence-corrected chi connectivity index (χ1v) is 8.03. The summed E-state index contributed by atoms with van der Waals surface area (Å²) in [5.74, 6) is 1.75. The zero-order chi connectivity index (χ0) is 14.1. The van der Waals surface area contributed by atoms with Crippen molar-refractivity contribution in [3.05, 3.63) is 58.7 Å². The fraction of sp³-hybridized carbons (Fsp3) is 0.444. The van der Waals surface area contributed by atoms with Crippen LogP contribution in [0.4, 0.5) is 0 Å². The Bertz CT molecular complexity index is 632. The quantitative estimate of drug-likeness (QED) is 0.935. The van der Waals surface area contributed by atoms with Crippen LogP contribution in [0.3, 0.4) is 0 Å². The number of aryl methyl sites for hydroxylation is 2. The van der Waals surface area contributed by atoms with Crippen LogP contribution in [0.15, 0.2) is 30.3 Å². The number of rotatable bonds is 4. The number of fused-ring (bicyclic) bond motifs is 1. The van der Waals surface area contributed by atoms with Gasteiger partial charge in [0.15, 0.2) is 0 Å². The number of hydrogen-bond donors (Lipinski definition) is 1. The minimum absolute atomic E-state index is 0.706. The first-order valence-electron chi connectivity index (χ1n) is 8.03. The second-order valence-electron chi connectivity index (χ2n) is 6.14. The molecular formula is C18H21N3. The van der Waals surface area contributed by atoms with Gasteiger partial charge in [0.05, 0.1) is 11.4 Å². The first kappa shape index (κ1) is 13.0. The Labute approximate surface area is 125 Å². The lowest BCUT2D eigenvalue weighted by Crippen LogP contribution is -2.27. The highest BCUT2D eigenvalue weighted by atomic mass is 15.0. The van der Waals surface area contributed by atoms with Crippen molar-refractivity contribution in [2.75, 3.05) is 6.54 Å². The molecule has 2 aromatic rings. The highest BCUT2D eigenvalue weighted by Gasteiger charge is 2.30. The molecule has 21 heavy (non-hydrogen) atoms. The van der Waals surface area contributed by atoms with E-state index in [1.54, 1.807) is 0 Å². The monoisotopic (exact) mass is 279 g/mol. The van der Waals surface area contributed by atoms with E-state index in [1.165, 1.54) is 35.4 Å². The third-order valence-electron chi connectivity index (χ3n) is 4.46. The summed E-state index contributed by atoms with van der Waals surface area (Å²) in [4.78, 5) is 9.76. The summed E-state index contributed by atoms with van der Waals surface area (Å²) in [5.41, 5.74) is 5.41. The second kappa shape index (κ2) is 5.57. The molecule has 2 heterocycles. The van der Waals surface area contributed by atoms with Gasteiger partial charge in [-0.05, 0) is 24.8 Å². The molecule has 0 unspecified atom stereocenters. The summed E-state index contributed by atoms with van der Waals surface area (Å²) < 4.78 is 0. The summed E-state index contributed by atoms with van der Waals surface area (Å²) in [7, 11) is 0. The van der Waals surface area contributed by atoms with Gasteiger partial charge >= 0.3 is 0 Å². The molecule has 4 rings (SSSR count). The minimum Gasteiger partial charge on any atom is -0.312 e. The molecule has 0 atom stereocenters. The van der Waals surface area contributed by atoms with E-state index in [4.69, 9.17) is 9.97 Å². The molecule has 0 bridgehead atoms. The summed E-state index contributed by atoms with van der Waals surface area (Å²) in [6, 6.07) is 10.6. The minimum atomic E-state index is 0.706. The molecule has 0 radical (unpaired) electrons. The molecule has 1 aromatic carbocycles. The maximum absolute atomic E-state index is 4.91. The van der Waals surface area contributed by atoms with E-state index in [0.717, 1.165) is 38.2 Å². The number of nitrogens with one attached hydrogen (secondary N) is 1. The van der Waals surface area contributed by atoms with E-state index in [0.29, 0.717) is 5.92 Å². The maximum atomic E-state index is 4.91. The van der Waals surface area contributed by atoms with E-state index in [-0.39, 0.29) is 0 Å². The second-order valence-corrected chi connectivity index (χ2v) is 6.14. The topological polar surface area (TPSA) is 37.8 Å². The van der Waals surface area contributed by atoms with Crippen molar-refractivity contribution >= 4 is 0 Å². The van der Waals surface area contributed by atoms with Gasteiger partial charge in [0.25, 0.3) is 0 Å². The first-order chi connectivity index (χ1) is 10.4. The van der Waals surface area contributed by atoms with Gasteiger partial charge in [0.2, 0.25) is 0 Å². The van der Waals surface area contributed by atoms with Crippen LogP contribution in [-0.4, -0.2) is 16.5 Å². The molecule has 0 spiro atoms. The van der Waals surface area contributed by atoms with Gasteiger partial charge in [-0.2, -0.15) is 0 Å². The number of aromatic nitrogens is 2. The van der Waals surface area contributed by atoms with Gasteiger partial charge < -0.3 is 5.32 Å². The van der Waals surface area contributed by atoms with Crippen molar-refractivity contribution in [1.29, 1.82) is 0 Å². The highest BCUT2D eigenvalue weighted by molar-refractivity contribution is 5.33. The van der Waals surface area contributed by atoms with Crippen LogP contribution in [0.2, 0.25) is 0 Å². The van der Waals surface area contributed by atoms with Crippen molar-refractivity contribution < 1.29 is 0 Å². The van der Waals surface area contributed by atoms with Crippen LogP contribution >= 0.6 is 0 Å². The smallest absolute Gasteiger partial charge is 0.129 e. The Kier molecular flexibility index (Phi) is 3.44. The average molecular weight is 279 g/mol. The van der Waals surface area contributed by atoms with E-state index < -0.39 is 0 Å². The lowest BCUT2D eigenvalue weighted by molar-refractivity contribution is 0.608. The van der Waals surface area contributed by atoms with E-state index in [2.05, 4.69) is 35.6 Å². The molecule has 3 nitrogen and oxygen atoms in total. The fourth-order valence-corrected chi connectivity index (χ4v) is 3.13. The normalized spacial score (nSPS) is 17.5. The molecule has 3 heteroatoms. The van der Waals surface area contributed by atoms with E-state index in [1.807, 2.05) is 0 Å². The Morgan fingerprint density at radius 3 is 2.71 bits per heavy atom. The molecule has 0 amide bonds. The third kappa shape index (κ3) is 2.84. The summed E-state index contributed by atoms with van der Waals surface area (Å²) in [5, 5.41) is 3.46. The summed E-state index contributed by atoms with van der Waals surface area (Å²) in [6.45, 7) is 2.01. The van der Waals surface area contributed by atoms with Gasteiger partial charge in [-0.25, -0.2) is 9.97 Å². The highest BCUT2D eigenvalue weighted by Crippen LogP contribution is 2.41. The Morgan fingerprint density at radius 1 is 1.05 bits per heavy atom. The summed E-state index contributed by atoms with van der Waals surface area (Å²) in [6.07, 6.45) is 5.64. The fourth-order valence-electron chi connectivity index (χ4n) is 3.13. The standard InChI is InChI=1S/C18H21N3/c1-2-4-13(5-3-1)6-9-17-20-16-10-11-19-12-15(16)18(21-17)14-7-8-14/h1-5,14,19H,6-12H2. The largest absolute Gasteiger partial charge is 0.312 e. The molecule has 108 valence electrons. The van der Waals surface area contributed by atoms with E-state index >= 15 is 0 Å². The molecule has 1 N–H and O–H groups in total. The number of benzene rings is 1. The average Bonchev–Trinajstić information content (AvgIpc) is 3.38. The molecule has 1 saturated carbocycles. The van der Waals surface area contributed by atoms with Gasteiger partial charge in [0.1, 0.15) is 5.82 Å². The zero-order valence-corrected chi connectivity index (χ0v) is 12.3. The molecule has 1 aliphatic heterocycles. The van der Waals surface area contributed by atoms with Crippen LogP contribution in [0.25, 0.3) is 0 Å². The van der Waals surface area contributed by atoms with Crippen molar-refractivity contribution in [2.45, 2.75) is 44.6 Å². The zero-order valence-electron chi connectivity index (χ0n) is 12.3. The van der Waals surface area contributed by atoms with Gasteiger partial charge in [0, 0.05) is 37.4 Å². The maximum Gasteiger partial charge on any atom is 0.129 e. The van der Waals surface area contributed by atoms with Crippen molar-refractivity contribution in [1.82, 2.24) is 15.3 Å². The van der Waals surface area contributed by atoms with Crippen LogP contribution < -0.4 is 5.32 Å². The number of nitrogens with zero attached hydrogens (tertiary/aromatic N) is 2.